The van der Waals surface area contributed by atoms with Crippen LogP contribution in [0.1, 0.15) is 183 Å². The van der Waals surface area contributed by atoms with Crippen LogP contribution in [-0.2, 0) is 37.1 Å². The molecule has 3 saturated heterocycles. The summed E-state index contributed by atoms with van der Waals surface area (Å²) >= 11 is 5.03. The summed E-state index contributed by atoms with van der Waals surface area (Å²) in [4.78, 5) is 71.3. The first-order valence-electron chi connectivity index (χ1n) is 40.9. The fourth-order valence-corrected chi connectivity index (χ4v) is 19.4. The summed E-state index contributed by atoms with van der Waals surface area (Å²) in [5.41, 5.74) is 7.53. The minimum atomic E-state index is -0.870. The van der Waals surface area contributed by atoms with Gasteiger partial charge in [-0.15, -0.1) is 35.3 Å². The van der Waals surface area contributed by atoms with Gasteiger partial charge in [-0.2, -0.15) is 0 Å². The van der Waals surface area contributed by atoms with Gasteiger partial charge in [0.2, 0.25) is 17.7 Å². The van der Waals surface area contributed by atoms with Gasteiger partial charge in [-0.25, -0.2) is 9.59 Å². The maximum atomic E-state index is 13.4. The van der Waals surface area contributed by atoms with Crippen molar-refractivity contribution in [2.24, 2.45) is 47.2 Å². The number of hydrogen-bond acceptors (Lipinski definition) is 16. The number of benzene rings is 5. The van der Waals surface area contributed by atoms with E-state index >= 15 is 0 Å². The molecule has 604 valence electrons. The topological polar surface area (TPSA) is 249 Å². The van der Waals surface area contributed by atoms with Gasteiger partial charge in [0.25, 0.3) is 0 Å². The van der Waals surface area contributed by atoms with Gasteiger partial charge in [0.15, 0.2) is 0 Å². The largest absolute Gasteiger partial charge is 0.445 e. The average Bonchev–Trinajstić information content (AvgIpc) is 1.03. The van der Waals surface area contributed by atoms with Gasteiger partial charge in [0, 0.05) is 86.8 Å². The zero-order valence-electron chi connectivity index (χ0n) is 67.1. The van der Waals surface area contributed by atoms with E-state index in [-0.39, 0.29) is 77.2 Å². The van der Waals surface area contributed by atoms with Crippen molar-refractivity contribution in [1.29, 1.82) is 0 Å². The molecule has 3 aliphatic heterocycles. The van der Waals surface area contributed by atoms with Crippen molar-refractivity contribution >= 4 is 65.2 Å². The molecule has 3 heterocycles. The van der Waals surface area contributed by atoms with E-state index in [2.05, 4.69) is 66.0 Å². The normalized spacial score (nSPS) is 24.1. The molecule has 7 aliphatic rings. The Morgan fingerprint density at radius 1 is 0.455 bits per heavy atom. The van der Waals surface area contributed by atoms with Crippen LogP contribution in [0.25, 0.3) is 0 Å². The molecule has 0 unspecified atom stereocenters. The van der Waals surface area contributed by atoms with Crippen molar-refractivity contribution < 1.29 is 43.7 Å². The Balaban J connectivity index is 0.000000176. The van der Waals surface area contributed by atoms with Crippen LogP contribution in [0.4, 0.5) is 9.59 Å². The van der Waals surface area contributed by atoms with Crippen molar-refractivity contribution in [2.75, 3.05) is 50.0 Å². The molecule has 4 saturated carbocycles. The number of nitrogens with two attached hydrogens (primary N) is 1. The Hall–Kier alpha value is -6.14. The molecule has 21 heteroatoms. The van der Waals surface area contributed by atoms with Crippen molar-refractivity contribution in [3.8, 4) is 0 Å². The highest BCUT2D eigenvalue weighted by atomic mass is 32.2. The summed E-state index contributed by atoms with van der Waals surface area (Å²) in [5.74, 6) is 6.86. The number of rotatable bonds is 25. The molecule has 4 aliphatic carbocycles. The third-order valence-electron chi connectivity index (χ3n) is 22.2. The standard InChI is InChI=1S/C32H45N3O4S.C24H39N3O2S.C19H21NO2S.C14H26N2O/c1-32(2,3)34-30(37)28-18-24-14-10-11-15-25(24)19-35(28)20-29(36)27(22-40-26-16-8-5-9-17-26)33-31(38)39-21-23-12-6-4-7-13-23;1-24(2,3)26-23(29)21-13-17-9-7-8-10-18(17)14-27(21)15-22(28)20(25)16-30-19-11-5-4-6-12-19;21-19(22-13-15-7-3-1-4-8-15)20-18(16-11-12-16)14-23-17-9-5-2-6-10-17;1-14(2,3)16-13(17)12-8-10-6-4-5-7-11(10)9-15-12/h4-9,12-13,16-17,24-25,27-29,36H,10-11,14-15,18-22H2,1-3H3,(H,33,38)(H,34,37);4-6,11-12,17-18,20-22,28H,7-10,13-16,25H2,1-3H3,(H,26,29);1-10,16,18H,11-14H2,(H,20,21);10-12,15H,4-9H2,1-3H3,(H,16,17)/t24-,25+,27-,28-,29+;17-,18+,20-,21-,22+;18-;10-,11+,12-/m0000/s1. The second-order valence-electron chi connectivity index (χ2n) is 34.9. The van der Waals surface area contributed by atoms with E-state index in [4.69, 9.17) is 15.2 Å². The number of carbonyl (C=O) groups excluding carboxylic acids is 5. The minimum absolute atomic E-state index is 0.0224. The number of amides is 5. The second-order valence-corrected chi connectivity index (χ2v) is 38.2. The van der Waals surface area contributed by atoms with Crippen LogP contribution in [0.3, 0.4) is 0 Å². The molecule has 5 aromatic rings. The molecule has 14 atom stereocenters. The summed E-state index contributed by atoms with van der Waals surface area (Å²) in [6.45, 7) is 22.1. The van der Waals surface area contributed by atoms with Crippen LogP contribution >= 0.6 is 35.3 Å². The smallest absolute Gasteiger partial charge is 0.407 e. The van der Waals surface area contributed by atoms with Crippen LogP contribution in [0.15, 0.2) is 166 Å². The number of piperidine rings is 3. The lowest BCUT2D eigenvalue weighted by Crippen LogP contribution is -2.60. The summed E-state index contributed by atoms with van der Waals surface area (Å²) < 4.78 is 10.8. The Morgan fingerprint density at radius 3 is 1.25 bits per heavy atom. The van der Waals surface area contributed by atoms with E-state index in [0.29, 0.717) is 60.8 Å². The molecule has 0 radical (unpaired) electrons. The van der Waals surface area contributed by atoms with Crippen LogP contribution in [0.5, 0.6) is 0 Å². The molecule has 0 bridgehead atoms. The summed E-state index contributed by atoms with van der Waals surface area (Å²) in [6, 6.07) is 48.5. The monoisotopic (exact) mass is 1570 g/mol. The number of aliphatic hydroxyl groups is 2. The number of hydrogen-bond donors (Lipinski definition) is 9. The Bertz CT molecular complexity index is 3540. The van der Waals surface area contributed by atoms with Gasteiger partial charge in [-0.1, -0.05) is 173 Å². The number of β-amino-alcohol motifs (C(OH)–C–C–N with tert-alkyl or cyclic N) is 2. The van der Waals surface area contributed by atoms with E-state index in [0.717, 1.165) is 77.4 Å². The summed E-state index contributed by atoms with van der Waals surface area (Å²) in [5, 5.41) is 41.2. The summed E-state index contributed by atoms with van der Waals surface area (Å²) in [7, 11) is 0. The number of nitrogens with one attached hydrogen (secondary N) is 6. The number of aliphatic hydroxyl groups excluding tert-OH is 2. The summed E-state index contributed by atoms with van der Waals surface area (Å²) in [6.07, 6.45) is 18.0. The lowest BCUT2D eigenvalue weighted by atomic mass is 9.72. The quantitative estimate of drug-likeness (QED) is 0.0247. The van der Waals surface area contributed by atoms with Crippen LogP contribution in [-0.4, -0.2) is 165 Å². The fraction of sp³-hybridized carbons (Fsp3) is 0.607. The lowest BCUT2D eigenvalue weighted by Gasteiger charge is -2.47. The number of nitrogens with zero attached hydrogens (tertiary/aromatic N) is 2. The number of alkyl carbamates (subject to hydrolysis) is 2. The predicted molar refractivity (Wildman–Crippen MR) is 448 cm³/mol. The molecule has 0 spiro atoms. The first-order valence-corrected chi connectivity index (χ1v) is 43.9. The third-order valence-corrected chi connectivity index (χ3v) is 25.6. The maximum absolute atomic E-state index is 13.4. The van der Waals surface area contributed by atoms with E-state index in [1.54, 1.807) is 35.3 Å². The van der Waals surface area contributed by atoms with Crippen LogP contribution < -0.4 is 37.6 Å². The molecule has 12 rings (SSSR count). The number of fused-ring (bicyclic) bond motifs is 3. The van der Waals surface area contributed by atoms with Crippen molar-refractivity contribution in [1.82, 2.24) is 41.7 Å². The molecule has 5 aromatic carbocycles. The van der Waals surface area contributed by atoms with Crippen LogP contribution in [0.2, 0.25) is 0 Å². The highest BCUT2D eigenvalue weighted by molar-refractivity contribution is 7.99. The fourth-order valence-electron chi connectivity index (χ4n) is 16.3. The van der Waals surface area contributed by atoms with Gasteiger partial charge in [-0.05, 0) is 209 Å². The van der Waals surface area contributed by atoms with Gasteiger partial charge in [-0.3, -0.25) is 24.2 Å². The Labute approximate surface area is 670 Å². The highest BCUT2D eigenvalue weighted by Crippen LogP contribution is 2.42. The van der Waals surface area contributed by atoms with E-state index in [1.165, 1.54) is 94.8 Å². The molecule has 110 heavy (non-hydrogen) atoms. The SMILES string of the molecule is CC(C)(C)NC(=O)[C@@H]1C[C@@H]2CCCC[C@@H]2CN1.CC(C)(C)NC(=O)[C@@H]1C[C@@H]2CCCC[C@@H]2CN1C[C@@H](O)[C@@H](N)CSc1ccccc1.CC(C)(C)NC(=O)[C@@H]1C[C@@H]2CCCC[C@@H]2CN1C[C@@H](O)[C@H](CSc1ccccc1)NC(=O)OCc1ccccc1.O=C(N[C@@H](CSc1ccccc1)C1CC1)OCc1ccccc1. The van der Waals surface area contributed by atoms with Crippen molar-refractivity contribution in [3.63, 3.8) is 0 Å². The van der Waals surface area contributed by atoms with Gasteiger partial charge < -0.3 is 57.3 Å². The molecule has 10 N–H and O–H groups in total. The zero-order valence-corrected chi connectivity index (χ0v) is 69.6. The maximum Gasteiger partial charge on any atom is 0.407 e. The Kier molecular flexibility index (Phi) is 35.1. The zero-order chi connectivity index (χ0) is 78.6. The van der Waals surface area contributed by atoms with Crippen LogP contribution in [0, 0.1) is 41.4 Å². The molecule has 7 fully saturated rings. The number of ether oxygens (including phenoxy) is 2. The van der Waals surface area contributed by atoms with Gasteiger partial charge in [0.05, 0.1) is 36.4 Å². The van der Waals surface area contributed by atoms with E-state index < -0.39 is 24.3 Å². The molecular weight excluding hydrogens is 1440 g/mol. The first-order chi connectivity index (χ1) is 52.7. The number of thioether (sulfide) groups is 3. The second kappa shape index (κ2) is 43.9. The lowest BCUT2D eigenvalue weighted by molar-refractivity contribution is -0.133. The minimum Gasteiger partial charge on any atom is -0.445 e. The predicted octanol–water partition coefficient (Wildman–Crippen LogP) is 15.0. The first kappa shape index (κ1) is 87.8. The van der Waals surface area contributed by atoms with Crippen molar-refractivity contribution in [3.05, 3.63) is 163 Å². The third kappa shape index (κ3) is 31.0. The molecule has 18 nitrogen and oxygen atoms in total. The molecule has 0 aromatic heterocycles. The molecular formula is C89H131N9O9S3. The van der Waals surface area contributed by atoms with Crippen molar-refractivity contribution in [2.45, 2.75) is 264 Å². The van der Waals surface area contributed by atoms with E-state index in [9.17, 15) is 34.2 Å². The average molecular weight is 1570 g/mol. The van der Waals surface area contributed by atoms with E-state index in [1.807, 2.05) is 190 Å². The van der Waals surface area contributed by atoms with Gasteiger partial charge >= 0.3 is 12.2 Å². The number of likely N-dealkylation sites (tertiary alicyclic amines) is 2. The Morgan fingerprint density at radius 2 is 0.818 bits per heavy atom. The molecule has 5 amide bonds. The highest BCUT2D eigenvalue weighted by Gasteiger charge is 2.44. The van der Waals surface area contributed by atoms with Gasteiger partial charge in [0.1, 0.15) is 13.2 Å². The number of carbonyl (C=O) groups is 5.